The molecule has 26 heavy (non-hydrogen) atoms. The summed E-state index contributed by atoms with van der Waals surface area (Å²) in [7, 11) is 0. The molecule has 2 aliphatic heterocycles. The lowest BCUT2D eigenvalue weighted by Crippen LogP contribution is -2.46. The molecule has 3 amide bonds. The number of fused-ring (bicyclic) bond motifs is 2. The monoisotopic (exact) mass is 357 g/mol. The quantitative estimate of drug-likeness (QED) is 0.845. The van der Waals surface area contributed by atoms with Gasteiger partial charge in [0.25, 0.3) is 0 Å². The third-order valence-electron chi connectivity index (χ3n) is 4.79. The highest BCUT2D eigenvalue weighted by molar-refractivity contribution is 6.08. The van der Waals surface area contributed by atoms with Crippen LogP contribution in [0.2, 0.25) is 0 Å². The van der Waals surface area contributed by atoms with Gasteiger partial charge in [-0.3, -0.25) is 14.5 Å². The molecule has 3 N–H and O–H groups in total. The number of likely N-dealkylation sites (tertiary alicyclic amines) is 1. The maximum atomic E-state index is 12.8. The van der Waals surface area contributed by atoms with E-state index < -0.39 is 29.1 Å². The molecule has 7 nitrogen and oxygen atoms in total. The molecule has 2 atom stereocenters. The predicted molar refractivity (Wildman–Crippen MR) is 97.4 cm³/mol. The minimum Gasteiger partial charge on any atom is -0.444 e. The van der Waals surface area contributed by atoms with Crippen molar-refractivity contribution in [2.45, 2.75) is 44.2 Å². The molecule has 1 aromatic rings. The van der Waals surface area contributed by atoms with E-state index in [9.17, 15) is 14.4 Å². The molecule has 2 heterocycles. The minimum atomic E-state index is -1.02. The Bertz CT molecular complexity index is 811. The SMILES string of the molecule is C=Cc1ccc2c(c1)[C@@]1(C[C@@H](C(N)=O)N(C(=O)OC(C)(C)C)C1)C(=O)N2. The van der Waals surface area contributed by atoms with Crippen molar-refractivity contribution in [1.29, 1.82) is 0 Å². The van der Waals surface area contributed by atoms with Gasteiger partial charge in [0.15, 0.2) is 0 Å². The Hall–Kier alpha value is -2.83. The Morgan fingerprint density at radius 1 is 1.42 bits per heavy atom. The van der Waals surface area contributed by atoms with Gasteiger partial charge in [0.1, 0.15) is 11.6 Å². The van der Waals surface area contributed by atoms with Crippen LogP contribution in [0.1, 0.15) is 38.3 Å². The number of amides is 3. The maximum Gasteiger partial charge on any atom is 0.411 e. The molecule has 7 heteroatoms. The Kier molecular flexibility index (Phi) is 4.05. The van der Waals surface area contributed by atoms with Gasteiger partial charge in [-0.2, -0.15) is 0 Å². The van der Waals surface area contributed by atoms with Gasteiger partial charge >= 0.3 is 6.09 Å². The lowest BCUT2D eigenvalue weighted by molar-refractivity contribution is -0.122. The number of nitrogens with two attached hydrogens (primary N) is 1. The van der Waals surface area contributed by atoms with Gasteiger partial charge in [0.05, 0.1) is 5.41 Å². The van der Waals surface area contributed by atoms with E-state index in [-0.39, 0.29) is 18.9 Å². The summed E-state index contributed by atoms with van der Waals surface area (Å²) in [6.07, 6.45) is 1.16. The number of primary amides is 1. The van der Waals surface area contributed by atoms with Crippen molar-refractivity contribution in [2.75, 3.05) is 11.9 Å². The van der Waals surface area contributed by atoms with Crippen molar-refractivity contribution in [3.05, 3.63) is 35.9 Å². The second-order valence-electron chi connectivity index (χ2n) is 7.78. The first-order valence-corrected chi connectivity index (χ1v) is 8.45. The average Bonchev–Trinajstić information content (AvgIpc) is 3.06. The third-order valence-corrected chi connectivity index (χ3v) is 4.79. The summed E-state index contributed by atoms with van der Waals surface area (Å²) in [6, 6.07) is 4.59. The number of benzene rings is 1. The number of carbonyl (C=O) groups is 3. The van der Waals surface area contributed by atoms with Gasteiger partial charge in [-0.25, -0.2) is 4.79 Å². The zero-order valence-electron chi connectivity index (χ0n) is 15.2. The third kappa shape index (κ3) is 2.83. The molecule has 0 aromatic heterocycles. The number of rotatable bonds is 2. The summed E-state index contributed by atoms with van der Waals surface area (Å²) < 4.78 is 5.40. The van der Waals surface area contributed by atoms with Crippen molar-refractivity contribution in [1.82, 2.24) is 4.90 Å². The zero-order valence-corrected chi connectivity index (χ0v) is 15.2. The first-order chi connectivity index (χ1) is 12.1. The molecule has 0 unspecified atom stereocenters. The predicted octanol–water partition coefficient (Wildman–Crippen LogP) is 2.01. The first-order valence-electron chi connectivity index (χ1n) is 8.45. The van der Waals surface area contributed by atoms with E-state index in [1.165, 1.54) is 4.90 Å². The van der Waals surface area contributed by atoms with E-state index in [2.05, 4.69) is 11.9 Å². The van der Waals surface area contributed by atoms with Crippen LogP contribution in [0.3, 0.4) is 0 Å². The van der Waals surface area contributed by atoms with E-state index in [4.69, 9.17) is 10.5 Å². The summed E-state index contributed by atoms with van der Waals surface area (Å²) in [5.41, 5.74) is 6.06. The second kappa shape index (κ2) is 5.86. The molecule has 138 valence electrons. The normalized spacial score (nSPS) is 24.3. The molecule has 1 spiro atoms. The van der Waals surface area contributed by atoms with Crippen molar-refractivity contribution in [3.8, 4) is 0 Å². The summed E-state index contributed by atoms with van der Waals surface area (Å²) in [5.74, 6) is -0.903. The standard InChI is InChI=1S/C19H23N3O4/c1-5-11-6-7-13-12(8-11)19(16(24)21-13)9-14(15(20)23)22(10-19)17(25)26-18(2,3)4/h5-8,14H,1,9-10H2,2-4H3,(H2,20,23)(H,21,24)/t14-,19-/m0/s1. The Labute approximate surface area is 152 Å². The number of ether oxygens (including phenoxy) is 1. The van der Waals surface area contributed by atoms with Gasteiger partial charge in [-0.05, 0) is 50.5 Å². The fourth-order valence-electron chi connectivity index (χ4n) is 3.59. The average molecular weight is 357 g/mol. The van der Waals surface area contributed by atoms with Crippen molar-refractivity contribution in [2.24, 2.45) is 5.73 Å². The molecular formula is C19H23N3O4. The molecule has 3 rings (SSSR count). The van der Waals surface area contributed by atoms with Crippen LogP contribution in [0, 0.1) is 0 Å². The molecule has 1 aromatic carbocycles. The maximum absolute atomic E-state index is 12.8. The van der Waals surface area contributed by atoms with E-state index in [0.29, 0.717) is 5.69 Å². The van der Waals surface area contributed by atoms with E-state index in [0.717, 1.165) is 11.1 Å². The van der Waals surface area contributed by atoms with Crippen LogP contribution < -0.4 is 11.1 Å². The van der Waals surface area contributed by atoms with Crippen LogP contribution in [0.25, 0.3) is 6.08 Å². The van der Waals surface area contributed by atoms with Crippen LogP contribution in [0.5, 0.6) is 0 Å². The van der Waals surface area contributed by atoms with E-state index in [1.807, 2.05) is 12.1 Å². The molecule has 0 bridgehead atoms. The van der Waals surface area contributed by atoms with Crippen LogP contribution in [0.15, 0.2) is 24.8 Å². The van der Waals surface area contributed by atoms with Gasteiger partial charge in [0, 0.05) is 12.2 Å². The Morgan fingerprint density at radius 3 is 2.69 bits per heavy atom. The highest BCUT2D eigenvalue weighted by Crippen LogP contribution is 2.47. The lowest BCUT2D eigenvalue weighted by Gasteiger charge is -2.27. The van der Waals surface area contributed by atoms with Gasteiger partial charge in [0.2, 0.25) is 11.8 Å². The van der Waals surface area contributed by atoms with Crippen LogP contribution in [-0.2, 0) is 19.7 Å². The fraction of sp³-hybridized carbons (Fsp3) is 0.421. The Morgan fingerprint density at radius 2 is 2.12 bits per heavy atom. The number of carbonyl (C=O) groups excluding carboxylic acids is 3. The number of hydrogen-bond acceptors (Lipinski definition) is 4. The largest absolute Gasteiger partial charge is 0.444 e. The number of nitrogens with one attached hydrogen (secondary N) is 1. The van der Waals surface area contributed by atoms with Gasteiger partial charge in [-0.15, -0.1) is 0 Å². The highest BCUT2D eigenvalue weighted by atomic mass is 16.6. The topological polar surface area (TPSA) is 102 Å². The minimum absolute atomic E-state index is 0.0367. The molecule has 0 radical (unpaired) electrons. The smallest absolute Gasteiger partial charge is 0.411 e. The molecular weight excluding hydrogens is 334 g/mol. The molecule has 2 aliphatic rings. The van der Waals surface area contributed by atoms with Crippen molar-refractivity contribution < 1.29 is 19.1 Å². The number of hydrogen-bond donors (Lipinski definition) is 2. The van der Waals surface area contributed by atoms with Gasteiger partial charge in [-0.1, -0.05) is 18.7 Å². The molecule has 1 fully saturated rings. The van der Waals surface area contributed by atoms with E-state index in [1.54, 1.807) is 32.9 Å². The van der Waals surface area contributed by atoms with Gasteiger partial charge < -0.3 is 15.8 Å². The van der Waals surface area contributed by atoms with Crippen molar-refractivity contribution >= 4 is 29.7 Å². The first kappa shape index (κ1) is 18.0. The summed E-state index contributed by atoms with van der Waals surface area (Å²) in [5, 5.41) is 2.84. The van der Waals surface area contributed by atoms with Crippen molar-refractivity contribution in [3.63, 3.8) is 0 Å². The summed E-state index contributed by atoms with van der Waals surface area (Å²) >= 11 is 0. The fourth-order valence-corrected chi connectivity index (χ4v) is 3.59. The molecule has 0 aliphatic carbocycles. The van der Waals surface area contributed by atoms with Crippen LogP contribution >= 0.6 is 0 Å². The number of nitrogens with zero attached hydrogens (tertiary/aromatic N) is 1. The van der Waals surface area contributed by atoms with Crippen LogP contribution in [0.4, 0.5) is 10.5 Å². The summed E-state index contributed by atoms with van der Waals surface area (Å²) in [4.78, 5) is 38.7. The number of anilines is 1. The molecule has 1 saturated heterocycles. The lowest BCUT2D eigenvalue weighted by atomic mass is 9.79. The second-order valence-corrected chi connectivity index (χ2v) is 7.78. The molecule has 0 saturated carbocycles. The highest BCUT2D eigenvalue weighted by Gasteiger charge is 2.57. The summed E-state index contributed by atoms with van der Waals surface area (Å²) in [6.45, 7) is 9.01. The zero-order chi connectivity index (χ0) is 19.3. The van der Waals surface area contributed by atoms with Crippen LogP contribution in [-0.4, -0.2) is 41.0 Å². The Balaban J connectivity index is 2.02. The van der Waals surface area contributed by atoms with E-state index >= 15 is 0 Å².